The number of aromatic nitrogens is 2. The Hall–Kier alpha value is -0.870. The maximum atomic E-state index is 9.80. The van der Waals surface area contributed by atoms with Gasteiger partial charge in [0.1, 0.15) is 0 Å². The molecular weight excluding hydrogens is 154 g/mol. The second-order valence-corrected chi connectivity index (χ2v) is 3.21. The van der Waals surface area contributed by atoms with Crippen molar-refractivity contribution in [3.8, 4) is 0 Å². The number of hydrogen-bond donors (Lipinski definition) is 3. The molecule has 66 valence electrons. The zero-order chi connectivity index (χ0) is 8.39. The zero-order valence-corrected chi connectivity index (χ0v) is 6.83. The summed E-state index contributed by atoms with van der Waals surface area (Å²) in [7, 11) is 0. The highest BCUT2D eigenvalue weighted by atomic mass is 16.3. The highest BCUT2D eigenvalue weighted by molar-refractivity contribution is 5.04. The molecule has 4 nitrogen and oxygen atoms in total. The molecule has 2 heterocycles. The number of aromatic amines is 1. The fourth-order valence-electron chi connectivity index (χ4n) is 1.63. The first-order chi connectivity index (χ1) is 5.88. The third kappa shape index (κ3) is 1.35. The molecule has 3 N–H and O–H groups in total. The van der Waals surface area contributed by atoms with Crippen molar-refractivity contribution in [1.82, 2.24) is 15.5 Å². The molecular formula is C8H13N3O. The number of H-pyrrole nitrogens is 1. The van der Waals surface area contributed by atoms with Gasteiger partial charge in [-0.15, -0.1) is 0 Å². The van der Waals surface area contributed by atoms with Gasteiger partial charge in [0.15, 0.2) is 0 Å². The first-order valence-electron chi connectivity index (χ1n) is 4.26. The fraction of sp³-hybridized carbons (Fsp3) is 0.625. The van der Waals surface area contributed by atoms with E-state index in [2.05, 4.69) is 15.5 Å². The van der Waals surface area contributed by atoms with Crippen LogP contribution in [0.4, 0.5) is 0 Å². The van der Waals surface area contributed by atoms with Crippen molar-refractivity contribution in [3.05, 3.63) is 18.0 Å². The van der Waals surface area contributed by atoms with Crippen LogP contribution in [0.1, 0.15) is 18.2 Å². The van der Waals surface area contributed by atoms with Crippen LogP contribution >= 0.6 is 0 Å². The molecule has 2 atom stereocenters. The van der Waals surface area contributed by atoms with Gasteiger partial charge in [-0.05, 0) is 19.0 Å². The van der Waals surface area contributed by atoms with Gasteiger partial charge in [0.05, 0.1) is 11.8 Å². The maximum Gasteiger partial charge on any atom is 0.0994 e. The van der Waals surface area contributed by atoms with Gasteiger partial charge in [-0.25, -0.2) is 0 Å². The minimum atomic E-state index is -0.387. The van der Waals surface area contributed by atoms with Crippen LogP contribution in [0.2, 0.25) is 0 Å². The van der Waals surface area contributed by atoms with E-state index < -0.39 is 0 Å². The molecule has 12 heavy (non-hydrogen) atoms. The predicted octanol–water partition coefficient (Wildman–Crippen LogP) is 0.0526. The van der Waals surface area contributed by atoms with Gasteiger partial charge in [-0.1, -0.05) is 0 Å². The topological polar surface area (TPSA) is 60.9 Å². The summed E-state index contributed by atoms with van der Waals surface area (Å²) in [6, 6.07) is 1.82. The number of aliphatic hydroxyl groups excluding tert-OH is 1. The average Bonchev–Trinajstić information content (AvgIpc) is 2.77. The van der Waals surface area contributed by atoms with Crippen LogP contribution in [0.5, 0.6) is 0 Å². The average molecular weight is 167 g/mol. The quantitative estimate of drug-likeness (QED) is 0.583. The Labute approximate surface area is 71.0 Å². The van der Waals surface area contributed by atoms with Crippen molar-refractivity contribution in [3.63, 3.8) is 0 Å². The number of aliphatic hydroxyl groups is 1. The van der Waals surface area contributed by atoms with Crippen molar-refractivity contribution >= 4 is 0 Å². The molecule has 1 aromatic heterocycles. The molecule has 1 aromatic rings. The summed E-state index contributed by atoms with van der Waals surface area (Å²) < 4.78 is 0. The second-order valence-electron chi connectivity index (χ2n) is 3.21. The van der Waals surface area contributed by atoms with E-state index in [-0.39, 0.29) is 6.10 Å². The Balaban J connectivity index is 2.04. The Bertz CT molecular complexity index is 228. The first kappa shape index (κ1) is 7.76. The van der Waals surface area contributed by atoms with Crippen molar-refractivity contribution in [2.45, 2.75) is 12.5 Å². The van der Waals surface area contributed by atoms with Crippen LogP contribution in [0.3, 0.4) is 0 Å². The zero-order valence-electron chi connectivity index (χ0n) is 6.83. The van der Waals surface area contributed by atoms with E-state index in [1.54, 1.807) is 6.20 Å². The summed E-state index contributed by atoms with van der Waals surface area (Å²) in [6.45, 7) is 1.91. The second kappa shape index (κ2) is 3.25. The summed E-state index contributed by atoms with van der Waals surface area (Å²) >= 11 is 0. The molecule has 1 aliphatic heterocycles. The van der Waals surface area contributed by atoms with Crippen LogP contribution in [0, 0.1) is 5.92 Å². The lowest BCUT2D eigenvalue weighted by atomic mass is 9.99. The van der Waals surface area contributed by atoms with Crippen molar-refractivity contribution in [2.75, 3.05) is 13.1 Å². The lowest BCUT2D eigenvalue weighted by Gasteiger charge is -2.14. The van der Waals surface area contributed by atoms with Gasteiger partial charge in [0, 0.05) is 18.7 Å². The Kier molecular flexibility index (Phi) is 2.10. The van der Waals surface area contributed by atoms with E-state index in [0.717, 1.165) is 25.2 Å². The third-order valence-electron chi connectivity index (χ3n) is 2.39. The van der Waals surface area contributed by atoms with Gasteiger partial charge in [0.25, 0.3) is 0 Å². The van der Waals surface area contributed by atoms with E-state index in [4.69, 9.17) is 0 Å². The Morgan fingerprint density at radius 3 is 3.17 bits per heavy atom. The molecule has 1 fully saturated rings. The van der Waals surface area contributed by atoms with Crippen molar-refractivity contribution < 1.29 is 5.11 Å². The van der Waals surface area contributed by atoms with Crippen LogP contribution in [0.25, 0.3) is 0 Å². The van der Waals surface area contributed by atoms with Crippen molar-refractivity contribution in [2.24, 2.45) is 5.92 Å². The Morgan fingerprint density at radius 2 is 2.58 bits per heavy atom. The molecule has 0 radical (unpaired) electrons. The molecule has 0 spiro atoms. The van der Waals surface area contributed by atoms with E-state index in [1.165, 1.54) is 0 Å². The highest BCUT2D eigenvalue weighted by Gasteiger charge is 2.24. The molecule has 0 aromatic carbocycles. The van der Waals surface area contributed by atoms with Gasteiger partial charge in [-0.3, -0.25) is 5.10 Å². The van der Waals surface area contributed by atoms with Gasteiger partial charge in [0.2, 0.25) is 0 Å². The maximum absolute atomic E-state index is 9.80. The third-order valence-corrected chi connectivity index (χ3v) is 2.39. The summed E-state index contributed by atoms with van der Waals surface area (Å²) in [5.74, 6) is 0.338. The van der Waals surface area contributed by atoms with E-state index >= 15 is 0 Å². The van der Waals surface area contributed by atoms with Gasteiger partial charge >= 0.3 is 0 Å². The molecule has 0 amide bonds. The Morgan fingerprint density at radius 1 is 1.67 bits per heavy atom. The predicted molar refractivity (Wildman–Crippen MR) is 44.5 cm³/mol. The molecule has 2 unspecified atom stereocenters. The first-order valence-corrected chi connectivity index (χ1v) is 4.26. The monoisotopic (exact) mass is 167 g/mol. The normalized spacial score (nSPS) is 25.9. The molecule has 0 saturated carbocycles. The minimum Gasteiger partial charge on any atom is -0.386 e. The van der Waals surface area contributed by atoms with Crippen LogP contribution in [-0.2, 0) is 0 Å². The van der Waals surface area contributed by atoms with E-state index in [1.807, 2.05) is 6.07 Å². The van der Waals surface area contributed by atoms with Gasteiger partial charge < -0.3 is 10.4 Å². The summed E-state index contributed by atoms with van der Waals surface area (Å²) in [5, 5.41) is 19.6. The smallest absolute Gasteiger partial charge is 0.0994 e. The molecule has 1 aliphatic rings. The number of hydrogen-bond acceptors (Lipinski definition) is 3. The molecule has 0 aliphatic carbocycles. The summed E-state index contributed by atoms with van der Waals surface area (Å²) in [4.78, 5) is 0. The fourth-order valence-corrected chi connectivity index (χ4v) is 1.63. The molecule has 0 bridgehead atoms. The summed E-state index contributed by atoms with van der Waals surface area (Å²) in [5.41, 5.74) is 0.823. The lowest BCUT2D eigenvalue weighted by molar-refractivity contribution is 0.114. The standard InChI is InChI=1S/C8H13N3O/c12-8(6-1-3-9-5-6)7-2-4-10-11-7/h2,4,6,8-9,12H,1,3,5H2,(H,10,11). The highest BCUT2D eigenvalue weighted by Crippen LogP contribution is 2.24. The molecule has 2 rings (SSSR count). The SMILES string of the molecule is OC(c1ccn[nH]1)C1CCNC1. The molecule has 4 heteroatoms. The number of rotatable bonds is 2. The van der Waals surface area contributed by atoms with E-state index in [0.29, 0.717) is 5.92 Å². The lowest BCUT2D eigenvalue weighted by Crippen LogP contribution is -2.16. The van der Waals surface area contributed by atoms with E-state index in [9.17, 15) is 5.11 Å². The van der Waals surface area contributed by atoms with Crippen LogP contribution in [0.15, 0.2) is 12.3 Å². The number of nitrogens with one attached hydrogen (secondary N) is 2. The summed E-state index contributed by atoms with van der Waals surface area (Å²) in [6.07, 6.45) is 2.32. The largest absolute Gasteiger partial charge is 0.386 e. The minimum absolute atomic E-state index is 0.338. The molecule has 1 saturated heterocycles. The van der Waals surface area contributed by atoms with Gasteiger partial charge in [-0.2, -0.15) is 5.10 Å². The van der Waals surface area contributed by atoms with Crippen LogP contribution in [-0.4, -0.2) is 28.4 Å². The van der Waals surface area contributed by atoms with Crippen molar-refractivity contribution in [1.29, 1.82) is 0 Å². The number of nitrogens with zero attached hydrogens (tertiary/aromatic N) is 1. The van der Waals surface area contributed by atoms with Crippen LogP contribution < -0.4 is 5.32 Å².